The molecule has 7 heteroatoms. The van der Waals surface area contributed by atoms with Crippen LogP contribution in [-0.4, -0.2) is 49.0 Å². The number of hydrogen-bond acceptors (Lipinski definition) is 5. The second-order valence-electron chi connectivity index (χ2n) is 5.67. The second-order valence-corrected chi connectivity index (χ2v) is 6.96. The molecule has 1 amide bonds. The Morgan fingerprint density at radius 3 is 2.70 bits per heavy atom. The summed E-state index contributed by atoms with van der Waals surface area (Å²) >= 11 is 7.48. The second kappa shape index (κ2) is 6.86. The van der Waals surface area contributed by atoms with Crippen molar-refractivity contribution in [1.82, 2.24) is 9.88 Å². The van der Waals surface area contributed by atoms with Crippen LogP contribution < -0.4 is 10.2 Å². The third-order valence-corrected chi connectivity index (χ3v) is 5.16. The molecular weight excluding hydrogens is 332 g/mol. The number of halogens is 1. The number of nitrogens with one attached hydrogen (secondary N) is 1. The predicted molar refractivity (Wildman–Crippen MR) is 96.0 cm³/mol. The number of hydrogen-bond donors (Lipinski definition) is 1. The highest BCUT2D eigenvalue weighted by Gasteiger charge is 2.19. The van der Waals surface area contributed by atoms with Crippen LogP contribution in [0.25, 0.3) is 0 Å². The van der Waals surface area contributed by atoms with E-state index in [0.29, 0.717) is 9.90 Å². The first-order valence-corrected chi connectivity index (χ1v) is 8.75. The van der Waals surface area contributed by atoms with Crippen molar-refractivity contribution >= 4 is 40.2 Å². The van der Waals surface area contributed by atoms with Gasteiger partial charge in [0.25, 0.3) is 5.91 Å². The molecule has 1 fully saturated rings. The van der Waals surface area contributed by atoms with E-state index in [2.05, 4.69) is 27.1 Å². The molecule has 0 aliphatic carbocycles. The van der Waals surface area contributed by atoms with Crippen LogP contribution in [0.1, 0.15) is 15.4 Å². The van der Waals surface area contributed by atoms with E-state index in [9.17, 15) is 4.79 Å². The van der Waals surface area contributed by atoms with Gasteiger partial charge in [-0.1, -0.05) is 11.6 Å². The van der Waals surface area contributed by atoms with Gasteiger partial charge < -0.3 is 15.1 Å². The van der Waals surface area contributed by atoms with Crippen LogP contribution in [0.3, 0.4) is 0 Å². The van der Waals surface area contributed by atoms with Crippen molar-refractivity contribution in [3.8, 4) is 0 Å². The number of nitrogens with zero attached hydrogens (tertiary/aromatic N) is 3. The molecule has 23 heavy (non-hydrogen) atoms. The SMILES string of the molecule is Cc1ncsc1C(=O)Nc1cc(Cl)ccc1N1CCN(C)CC1. The summed E-state index contributed by atoms with van der Waals surface area (Å²) in [4.78, 5) is 21.8. The minimum Gasteiger partial charge on any atom is -0.367 e. The quantitative estimate of drug-likeness (QED) is 0.924. The number of aromatic nitrogens is 1. The Hall–Kier alpha value is -1.63. The van der Waals surface area contributed by atoms with Gasteiger partial charge in [-0.15, -0.1) is 11.3 Å². The zero-order chi connectivity index (χ0) is 16.4. The smallest absolute Gasteiger partial charge is 0.267 e. The van der Waals surface area contributed by atoms with Crippen molar-refractivity contribution in [2.24, 2.45) is 0 Å². The lowest BCUT2D eigenvalue weighted by atomic mass is 10.2. The molecule has 1 N–H and O–H groups in total. The number of likely N-dealkylation sites (N-methyl/N-ethyl adjacent to an activating group) is 1. The molecule has 2 aromatic rings. The molecule has 122 valence electrons. The number of thiazole rings is 1. The lowest BCUT2D eigenvalue weighted by Gasteiger charge is -2.35. The van der Waals surface area contributed by atoms with Crippen LogP contribution in [-0.2, 0) is 0 Å². The van der Waals surface area contributed by atoms with Crippen molar-refractivity contribution in [2.75, 3.05) is 43.4 Å². The zero-order valence-electron chi connectivity index (χ0n) is 13.2. The molecule has 1 aromatic carbocycles. The molecular formula is C16H19ClN4OS. The third-order valence-electron chi connectivity index (χ3n) is 4.00. The van der Waals surface area contributed by atoms with Crippen LogP contribution >= 0.6 is 22.9 Å². The Kier molecular flexibility index (Phi) is 4.84. The molecule has 0 spiro atoms. The molecule has 0 radical (unpaired) electrons. The van der Waals surface area contributed by atoms with Gasteiger partial charge >= 0.3 is 0 Å². The highest BCUT2D eigenvalue weighted by atomic mass is 35.5. The standard InChI is InChI=1S/C16H19ClN4OS/c1-11-15(23-10-18-11)16(22)19-13-9-12(17)3-4-14(13)21-7-5-20(2)6-8-21/h3-4,9-10H,5-8H2,1-2H3,(H,19,22). The Balaban J connectivity index is 1.85. The first kappa shape index (κ1) is 16.2. The van der Waals surface area contributed by atoms with Gasteiger partial charge in [-0.3, -0.25) is 4.79 Å². The average molecular weight is 351 g/mol. The molecule has 2 heterocycles. The predicted octanol–water partition coefficient (Wildman–Crippen LogP) is 3.11. The van der Waals surface area contributed by atoms with Crippen LogP contribution in [0.15, 0.2) is 23.7 Å². The molecule has 0 bridgehead atoms. The van der Waals surface area contributed by atoms with Crippen molar-refractivity contribution in [3.63, 3.8) is 0 Å². The average Bonchev–Trinajstić information content (AvgIpc) is 2.95. The third kappa shape index (κ3) is 3.65. The zero-order valence-corrected chi connectivity index (χ0v) is 14.7. The molecule has 1 aliphatic heterocycles. The maximum Gasteiger partial charge on any atom is 0.267 e. The first-order chi connectivity index (χ1) is 11.0. The van der Waals surface area contributed by atoms with Crippen LogP contribution in [0, 0.1) is 6.92 Å². The summed E-state index contributed by atoms with van der Waals surface area (Å²) in [6, 6.07) is 5.65. The van der Waals surface area contributed by atoms with Crippen molar-refractivity contribution in [1.29, 1.82) is 0 Å². The van der Waals surface area contributed by atoms with Gasteiger partial charge in [0.15, 0.2) is 0 Å². The monoisotopic (exact) mass is 350 g/mol. The van der Waals surface area contributed by atoms with E-state index in [1.807, 2.05) is 25.1 Å². The Morgan fingerprint density at radius 2 is 2.04 bits per heavy atom. The van der Waals surface area contributed by atoms with E-state index in [-0.39, 0.29) is 5.91 Å². The van der Waals surface area contributed by atoms with Gasteiger partial charge in [-0.05, 0) is 32.2 Å². The van der Waals surface area contributed by atoms with E-state index < -0.39 is 0 Å². The summed E-state index contributed by atoms with van der Waals surface area (Å²) in [5, 5.41) is 3.61. The van der Waals surface area contributed by atoms with Crippen molar-refractivity contribution < 1.29 is 4.79 Å². The molecule has 5 nitrogen and oxygen atoms in total. The maximum atomic E-state index is 12.5. The summed E-state index contributed by atoms with van der Waals surface area (Å²) in [5.41, 5.74) is 4.19. The fourth-order valence-electron chi connectivity index (χ4n) is 2.63. The maximum absolute atomic E-state index is 12.5. The van der Waals surface area contributed by atoms with Gasteiger partial charge in [-0.2, -0.15) is 0 Å². The number of benzene rings is 1. The molecule has 0 saturated carbocycles. The highest BCUT2D eigenvalue weighted by molar-refractivity contribution is 7.12. The van der Waals surface area contributed by atoms with Gasteiger partial charge in [0.05, 0.1) is 22.6 Å². The number of piperazine rings is 1. The van der Waals surface area contributed by atoms with Gasteiger partial charge in [0.1, 0.15) is 4.88 Å². The van der Waals surface area contributed by atoms with Crippen molar-refractivity contribution in [3.05, 3.63) is 39.3 Å². The Bertz CT molecular complexity index is 710. The van der Waals surface area contributed by atoms with Crippen LogP contribution in [0.2, 0.25) is 5.02 Å². The number of carbonyl (C=O) groups is 1. The fraction of sp³-hybridized carbons (Fsp3) is 0.375. The minimum atomic E-state index is -0.136. The summed E-state index contributed by atoms with van der Waals surface area (Å²) in [6.07, 6.45) is 0. The number of rotatable bonds is 3. The van der Waals surface area contributed by atoms with Gasteiger partial charge in [-0.25, -0.2) is 4.98 Å². The van der Waals surface area contributed by atoms with Crippen molar-refractivity contribution in [2.45, 2.75) is 6.92 Å². The first-order valence-electron chi connectivity index (χ1n) is 7.49. The summed E-state index contributed by atoms with van der Waals surface area (Å²) in [6.45, 7) is 5.71. The Labute approximate surface area is 144 Å². The lowest BCUT2D eigenvalue weighted by Crippen LogP contribution is -2.44. The normalized spacial score (nSPS) is 15.7. The summed E-state index contributed by atoms with van der Waals surface area (Å²) in [5.74, 6) is -0.136. The number of aryl methyl sites for hydroxylation is 1. The Morgan fingerprint density at radius 1 is 1.30 bits per heavy atom. The van der Waals surface area contributed by atoms with Crippen LogP contribution in [0.5, 0.6) is 0 Å². The number of carbonyl (C=O) groups excluding carboxylic acids is 1. The van der Waals surface area contributed by atoms with E-state index >= 15 is 0 Å². The fourth-order valence-corrected chi connectivity index (χ4v) is 3.50. The molecule has 1 saturated heterocycles. The highest BCUT2D eigenvalue weighted by Crippen LogP contribution is 2.30. The van der Waals surface area contributed by atoms with E-state index in [0.717, 1.165) is 43.2 Å². The van der Waals surface area contributed by atoms with E-state index in [1.165, 1.54) is 11.3 Å². The topological polar surface area (TPSA) is 48.5 Å². The van der Waals surface area contributed by atoms with Crippen LogP contribution in [0.4, 0.5) is 11.4 Å². The van der Waals surface area contributed by atoms with E-state index in [1.54, 1.807) is 5.51 Å². The summed E-state index contributed by atoms with van der Waals surface area (Å²) in [7, 11) is 2.12. The number of amides is 1. The lowest BCUT2D eigenvalue weighted by molar-refractivity contribution is 0.103. The molecule has 3 rings (SSSR count). The number of anilines is 2. The largest absolute Gasteiger partial charge is 0.367 e. The minimum absolute atomic E-state index is 0.136. The van der Waals surface area contributed by atoms with Gasteiger partial charge in [0.2, 0.25) is 0 Å². The molecule has 0 atom stereocenters. The molecule has 1 aliphatic rings. The van der Waals surface area contributed by atoms with Gasteiger partial charge in [0, 0.05) is 31.2 Å². The molecule has 0 unspecified atom stereocenters. The molecule has 1 aromatic heterocycles. The van der Waals surface area contributed by atoms with E-state index in [4.69, 9.17) is 11.6 Å². The summed E-state index contributed by atoms with van der Waals surface area (Å²) < 4.78 is 0.